The molecular formula is C24H26N4O3. The molecule has 2 aromatic rings. The van der Waals surface area contributed by atoms with Crippen LogP contribution >= 0.6 is 0 Å². The van der Waals surface area contributed by atoms with Crippen molar-refractivity contribution in [2.45, 2.75) is 18.9 Å². The number of aryl methyl sites for hydroxylation is 1. The third kappa shape index (κ3) is 4.39. The van der Waals surface area contributed by atoms with Gasteiger partial charge in [0.1, 0.15) is 5.69 Å². The summed E-state index contributed by atoms with van der Waals surface area (Å²) in [5.41, 5.74) is 3.31. The summed E-state index contributed by atoms with van der Waals surface area (Å²) in [6.07, 6.45) is 7.59. The number of carbonyl (C=O) groups excluding carboxylic acids is 1. The van der Waals surface area contributed by atoms with E-state index in [1.165, 1.54) is 17.2 Å². The average molecular weight is 418 g/mol. The summed E-state index contributed by atoms with van der Waals surface area (Å²) in [4.78, 5) is 30.0. The third-order valence-electron chi connectivity index (χ3n) is 6.23. The predicted octanol–water partition coefficient (Wildman–Crippen LogP) is 2.87. The Bertz CT molecular complexity index is 1010. The van der Waals surface area contributed by atoms with Crippen molar-refractivity contribution in [3.8, 4) is 12.3 Å². The van der Waals surface area contributed by atoms with E-state index in [2.05, 4.69) is 29.0 Å². The van der Waals surface area contributed by atoms with Crippen LogP contribution < -0.4 is 4.90 Å². The lowest BCUT2D eigenvalue weighted by atomic mass is 10.1. The van der Waals surface area contributed by atoms with Crippen LogP contribution in [0.3, 0.4) is 0 Å². The van der Waals surface area contributed by atoms with Gasteiger partial charge < -0.3 is 9.80 Å². The fourth-order valence-corrected chi connectivity index (χ4v) is 4.66. The molecule has 1 saturated heterocycles. The zero-order valence-electron chi connectivity index (χ0n) is 17.4. The highest BCUT2D eigenvalue weighted by molar-refractivity contribution is 5.79. The highest BCUT2D eigenvalue weighted by atomic mass is 16.6. The van der Waals surface area contributed by atoms with E-state index in [0.29, 0.717) is 38.4 Å². The molecule has 2 aromatic carbocycles. The van der Waals surface area contributed by atoms with Crippen molar-refractivity contribution in [1.29, 1.82) is 0 Å². The molecule has 1 fully saturated rings. The molecule has 7 nitrogen and oxygen atoms in total. The SMILES string of the molecule is C#CCN(CC(=O)N1CCN(c2ccccc2[N+](=O)[O-])CC1)C1CCc2ccccc21. The van der Waals surface area contributed by atoms with Gasteiger partial charge in [-0.15, -0.1) is 6.42 Å². The molecule has 31 heavy (non-hydrogen) atoms. The first-order valence-corrected chi connectivity index (χ1v) is 10.6. The van der Waals surface area contributed by atoms with Gasteiger partial charge >= 0.3 is 0 Å². The summed E-state index contributed by atoms with van der Waals surface area (Å²) in [5.74, 6) is 2.77. The van der Waals surface area contributed by atoms with Crippen molar-refractivity contribution in [3.63, 3.8) is 0 Å². The molecule has 160 valence electrons. The normalized spacial score (nSPS) is 18.0. The van der Waals surface area contributed by atoms with Gasteiger partial charge in [-0.2, -0.15) is 0 Å². The number of para-hydroxylation sites is 2. The highest BCUT2D eigenvalue weighted by Gasteiger charge is 2.31. The number of amides is 1. The quantitative estimate of drug-likeness (QED) is 0.410. The van der Waals surface area contributed by atoms with Crippen LogP contribution in [0.25, 0.3) is 0 Å². The molecular weight excluding hydrogens is 392 g/mol. The Morgan fingerprint density at radius 2 is 1.84 bits per heavy atom. The second-order valence-electron chi connectivity index (χ2n) is 7.98. The number of hydrogen-bond donors (Lipinski definition) is 0. The van der Waals surface area contributed by atoms with Crippen molar-refractivity contribution in [1.82, 2.24) is 9.80 Å². The Morgan fingerprint density at radius 1 is 1.13 bits per heavy atom. The van der Waals surface area contributed by atoms with Crippen LogP contribution in [-0.2, 0) is 11.2 Å². The first-order valence-electron chi connectivity index (χ1n) is 10.6. The summed E-state index contributed by atoms with van der Waals surface area (Å²) in [5, 5.41) is 11.3. The van der Waals surface area contributed by atoms with E-state index in [4.69, 9.17) is 6.42 Å². The summed E-state index contributed by atoms with van der Waals surface area (Å²) in [6, 6.07) is 15.3. The predicted molar refractivity (Wildman–Crippen MR) is 120 cm³/mol. The van der Waals surface area contributed by atoms with E-state index in [-0.39, 0.29) is 29.1 Å². The minimum Gasteiger partial charge on any atom is -0.362 e. The molecule has 7 heteroatoms. The molecule has 0 saturated carbocycles. The summed E-state index contributed by atoms with van der Waals surface area (Å²) < 4.78 is 0. The number of rotatable bonds is 6. The Kier molecular flexibility index (Phi) is 6.19. The van der Waals surface area contributed by atoms with Crippen LogP contribution in [0.15, 0.2) is 48.5 Å². The number of nitro benzene ring substituents is 1. The number of terminal acetylenes is 1. The van der Waals surface area contributed by atoms with Crippen molar-refractivity contribution >= 4 is 17.3 Å². The number of piperazine rings is 1. The van der Waals surface area contributed by atoms with E-state index in [1.54, 1.807) is 18.2 Å². The first kappa shape index (κ1) is 20.9. The maximum atomic E-state index is 13.1. The molecule has 2 aliphatic rings. The summed E-state index contributed by atoms with van der Waals surface area (Å²) in [7, 11) is 0. The Balaban J connectivity index is 1.40. The van der Waals surface area contributed by atoms with Gasteiger partial charge in [0, 0.05) is 38.3 Å². The zero-order valence-corrected chi connectivity index (χ0v) is 17.4. The van der Waals surface area contributed by atoms with E-state index >= 15 is 0 Å². The number of anilines is 1. The second kappa shape index (κ2) is 9.19. The standard InChI is InChI=1S/C24H26N4O3/c1-2-13-27(21-12-11-19-7-3-4-8-20(19)21)18-24(29)26-16-14-25(15-17-26)22-9-5-6-10-23(22)28(30)31/h1,3-10,21H,11-18H2. The summed E-state index contributed by atoms with van der Waals surface area (Å²) in [6.45, 7) is 2.93. The monoisotopic (exact) mass is 418 g/mol. The highest BCUT2D eigenvalue weighted by Crippen LogP contribution is 2.35. The largest absolute Gasteiger partial charge is 0.362 e. The van der Waals surface area contributed by atoms with Gasteiger partial charge in [0.2, 0.25) is 5.91 Å². The molecule has 0 bridgehead atoms. The number of nitro groups is 1. The zero-order chi connectivity index (χ0) is 21.8. The maximum Gasteiger partial charge on any atom is 0.292 e. The second-order valence-corrected chi connectivity index (χ2v) is 7.98. The molecule has 0 spiro atoms. The molecule has 0 N–H and O–H groups in total. The van der Waals surface area contributed by atoms with Crippen molar-refractivity contribution in [3.05, 3.63) is 69.8 Å². The average Bonchev–Trinajstić information content (AvgIpc) is 3.23. The van der Waals surface area contributed by atoms with E-state index < -0.39 is 0 Å². The van der Waals surface area contributed by atoms with Crippen LogP contribution in [0.2, 0.25) is 0 Å². The lowest BCUT2D eigenvalue weighted by Crippen LogP contribution is -2.51. The molecule has 1 aliphatic carbocycles. The van der Waals surface area contributed by atoms with Gasteiger partial charge in [-0.3, -0.25) is 19.8 Å². The lowest BCUT2D eigenvalue weighted by molar-refractivity contribution is -0.384. The van der Waals surface area contributed by atoms with Gasteiger partial charge in [0.25, 0.3) is 5.69 Å². The number of nitrogens with zero attached hydrogens (tertiary/aromatic N) is 4. The fraction of sp³-hybridized carbons (Fsp3) is 0.375. The van der Waals surface area contributed by atoms with Crippen LogP contribution in [0.4, 0.5) is 11.4 Å². The van der Waals surface area contributed by atoms with Gasteiger partial charge in [-0.1, -0.05) is 42.3 Å². The molecule has 0 radical (unpaired) electrons. The van der Waals surface area contributed by atoms with Crippen LogP contribution in [-0.4, -0.2) is 59.9 Å². The minimum atomic E-state index is -0.357. The molecule has 1 aliphatic heterocycles. The molecule has 4 rings (SSSR count). The van der Waals surface area contributed by atoms with Crippen molar-refractivity contribution in [2.24, 2.45) is 0 Å². The van der Waals surface area contributed by atoms with Crippen molar-refractivity contribution in [2.75, 3.05) is 44.2 Å². The number of fused-ring (bicyclic) bond motifs is 1. The Morgan fingerprint density at radius 3 is 2.58 bits per heavy atom. The first-order chi connectivity index (χ1) is 15.1. The third-order valence-corrected chi connectivity index (χ3v) is 6.23. The smallest absolute Gasteiger partial charge is 0.292 e. The van der Waals surface area contributed by atoms with E-state index in [1.807, 2.05) is 15.9 Å². The number of hydrogen-bond acceptors (Lipinski definition) is 5. The van der Waals surface area contributed by atoms with Crippen LogP contribution in [0, 0.1) is 22.5 Å². The maximum absolute atomic E-state index is 13.1. The van der Waals surface area contributed by atoms with Gasteiger partial charge in [-0.05, 0) is 30.0 Å². The summed E-state index contributed by atoms with van der Waals surface area (Å²) >= 11 is 0. The topological polar surface area (TPSA) is 69.9 Å². The molecule has 1 atom stereocenters. The fourth-order valence-electron chi connectivity index (χ4n) is 4.66. The van der Waals surface area contributed by atoms with Gasteiger partial charge in [-0.25, -0.2) is 0 Å². The Labute approximate surface area is 182 Å². The lowest BCUT2D eigenvalue weighted by Gasteiger charge is -2.37. The number of carbonyl (C=O) groups is 1. The van der Waals surface area contributed by atoms with Crippen molar-refractivity contribution < 1.29 is 9.72 Å². The number of benzene rings is 2. The van der Waals surface area contributed by atoms with Crippen LogP contribution in [0.5, 0.6) is 0 Å². The van der Waals surface area contributed by atoms with E-state index in [9.17, 15) is 14.9 Å². The minimum absolute atomic E-state index is 0.0573. The van der Waals surface area contributed by atoms with Gasteiger partial charge in [0.05, 0.1) is 18.0 Å². The molecule has 0 aromatic heterocycles. The Hall–Kier alpha value is -3.37. The van der Waals surface area contributed by atoms with Crippen LogP contribution in [0.1, 0.15) is 23.6 Å². The molecule has 1 amide bonds. The van der Waals surface area contributed by atoms with Gasteiger partial charge in [0.15, 0.2) is 0 Å². The molecule has 1 unspecified atom stereocenters. The van der Waals surface area contributed by atoms with E-state index in [0.717, 1.165) is 12.8 Å². The molecule has 1 heterocycles.